The van der Waals surface area contributed by atoms with Gasteiger partial charge in [0.1, 0.15) is 11.0 Å². The van der Waals surface area contributed by atoms with Crippen molar-refractivity contribution in [3.63, 3.8) is 0 Å². The minimum absolute atomic E-state index is 0.136. The van der Waals surface area contributed by atoms with Gasteiger partial charge in [0.05, 0.1) is 5.56 Å². The fraction of sp³-hybridized carbons (Fsp3) is 0.545. The number of halogens is 4. The van der Waals surface area contributed by atoms with Crippen molar-refractivity contribution in [3.8, 4) is 0 Å². The summed E-state index contributed by atoms with van der Waals surface area (Å²) in [5.74, 6) is 0.136. The molecule has 2 rings (SSSR count). The first kappa shape index (κ1) is 13.4. The van der Waals surface area contributed by atoms with Gasteiger partial charge in [-0.15, -0.1) is 0 Å². The summed E-state index contributed by atoms with van der Waals surface area (Å²) in [6, 6.07) is 1.80. The summed E-state index contributed by atoms with van der Waals surface area (Å²) < 4.78 is 37.8. The third-order valence-electron chi connectivity index (χ3n) is 2.75. The maximum absolute atomic E-state index is 12.6. The molecular formula is C11H13ClF3N3. The fourth-order valence-corrected chi connectivity index (χ4v) is 2.09. The van der Waals surface area contributed by atoms with Gasteiger partial charge in [0.25, 0.3) is 0 Å². The van der Waals surface area contributed by atoms with Crippen molar-refractivity contribution in [1.29, 1.82) is 0 Å². The normalized spacial score (nSPS) is 17.8. The van der Waals surface area contributed by atoms with Crippen LogP contribution in [-0.4, -0.2) is 23.1 Å². The average molecular weight is 280 g/mol. The van der Waals surface area contributed by atoms with Crippen LogP contribution in [0.1, 0.15) is 24.8 Å². The molecule has 1 saturated heterocycles. The maximum atomic E-state index is 12.6. The minimum atomic E-state index is -4.41. The number of hydrogen-bond acceptors (Lipinski definition) is 3. The van der Waals surface area contributed by atoms with E-state index >= 15 is 0 Å². The van der Waals surface area contributed by atoms with Crippen molar-refractivity contribution in [3.05, 3.63) is 22.8 Å². The number of nitrogens with one attached hydrogen (secondary N) is 1. The number of piperidine rings is 1. The van der Waals surface area contributed by atoms with E-state index in [0.29, 0.717) is 0 Å². The Labute approximate surface area is 108 Å². The van der Waals surface area contributed by atoms with Gasteiger partial charge in [-0.2, -0.15) is 13.2 Å². The molecule has 0 radical (unpaired) electrons. The summed E-state index contributed by atoms with van der Waals surface area (Å²) >= 11 is 5.60. The Hall–Kier alpha value is -1.01. The van der Waals surface area contributed by atoms with Crippen LogP contribution in [0.2, 0.25) is 5.15 Å². The van der Waals surface area contributed by atoms with Crippen LogP contribution in [-0.2, 0) is 6.18 Å². The van der Waals surface area contributed by atoms with Crippen LogP contribution in [0.25, 0.3) is 0 Å². The molecule has 1 aromatic heterocycles. The van der Waals surface area contributed by atoms with E-state index in [4.69, 9.17) is 11.6 Å². The third kappa shape index (κ3) is 3.49. The monoisotopic (exact) mass is 279 g/mol. The van der Waals surface area contributed by atoms with E-state index in [1.54, 1.807) is 0 Å². The maximum Gasteiger partial charge on any atom is 0.416 e. The second-order valence-corrected chi connectivity index (χ2v) is 4.61. The van der Waals surface area contributed by atoms with Gasteiger partial charge in [-0.05, 0) is 25.0 Å². The number of hydrazine groups is 1. The second kappa shape index (κ2) is 5.32. The molecule has 0 bridgehead atoms. The number of anilines is 1. The van der Waals surface area contributed by atoms with Gasteiger partial charge in [0.2, 0.25) is 0 Å². The zero-order valence-corrected chi connectivity index (χ0v) is 10.4. The molecule has 0 amide bonds. The topological polar surface area (TPSA) is 28.2 Å². The van der Waals surface area contributed by atoms with Gasteiger partial charge >= 0.3 is 6.18 Å². The lowest BCUT2D eigenvalue weighted by molar-refractivity contribution is -0.137. The lowest BCUT2D eigenvalue weighted by Gasteiger charge is -2.27. The molecule has 0 saturated carbocycles. The standard InChI is InChI=1S/C11H13ClF3N3/c12-9-6-8(11(13,14)15)7-10(16-9)17-18-4-2-1-3-5-18/h6-7H,1-5H2,(H,16,17). The molecule has 0 atom stereocenters. The molecule has 1 aromatic rings. The molecule has 3 nitrogen and oxygen atoms in total. The predicted molar refractivity (Wildman–Crippen MR) is 63.3 cm³/mol. The Morgan fingerprint density at radius 3 is 2.44 bits per heavy atom. The van der Waals surface area contributed by atoms with E-state index < -0.39 is 11.7 Å². The van der Waals surface area contributed by atoms with Gasteiger partial charge in [-0.1, -0.05) is 18.0 Å². The predicted octanol–water partition coefficient (Wildman–Crippen LogP) is 3.57. The first-order valence-corrected chi connectivity index (χ1v) is 6.09. The largest absolute Gasteiger partial charge is 0.416 e. The van der Waals surface area contributed by atoms with Crippen LogP contribution in [0, 0.1) is 0 Å². The van der Waals surface area contributed by atoms with E-state index in [0.717, 1.165) is 44.5 Å². The number of aromatic nitrogens is 1. The molecule has 18 heavy (non-hydrogen) atoms. The molecule has 0 spiro atoms. The van der Waals surface area contributed by atoms with E-state index in [9.17, 15) is 13.2 Å². The Kier molecular flexibility index (Phi) is 3.97. The molecule has 2 heterocycles. The Morgan fingerprint density at radius 1 is 1.17 bits per heavy atom. The first-order chi connectivity index (χ1) is 8.45. The molecule has 1 aliphatic rings. The van der Waals surface area contributed by atoms with Crippen LogP contribution >= 0.6 is 11.6 Å². The van der Waals surface area contributed by atoms with Crippen molar-refractivity contribution in [2.75, 3.05) is 18.5 Å². The summed E-state index contributed by atoms with van der Waals surface area (Å²) in [6.07, 6.45) is -1.21. The van der Waals surface area contributed by atoms with Crippen molar-refractivity contribution in [2.24, 2.45) is 0 Å². The average Bonchev–Trinajstić information content (AvgIpc) is 2.28. The lowest BCUT2D eigenvalue weighted by atomic mass is 10.2. The molecule has 1 fully saturated rings. The zero-order chi connectivity index (χ0) is 13.2. The molecule has 7 heteroatoms. The van der Waals surface area contributed by atoms with Crippen molar-refractivity contribution in [1.82, 2.24) is 9.99 Å². The Bertz CT molecular complexity index is 416. The highest BCUT2D eigenvalue weighted by molar-refractivity contribution is 6.29. The lowest BCUT2D eigenvalue weighted by Crippen LogP contribution is -2.35. The summed E-state index contributed by atoms with van der Waals surface area (Å²) in [7, 11) is 0. The van der Waals surface area contributed by atoms with Crippen LogP contribution in [0.4, 0.5) is 19.0 Å². The van der Waals surface area contributed by atoms with Gasteiger partial charge in [0, 0.05) is 13.1 Å². The summed E-state index contributed by atoms with van der Waals surface area (Å²) in [6.45, 7) is 1.60. The quantitative estimate of drug-likeness (QED) is 0.839. The number of hydrogen-bond donors (Lipinski definition) is 1. The van der Waals surface area contributed by atoms with Crippen molar-refractivity contribution < 1.29 is 13.2 Å². The first-order valence-electron chi connectivity index (χ1n) is 5.71. The Balaban J connectivity index is 2.14. The smallest absolute Gasteiger partial charge is 0.303 e. The number of rotatable bonds is 2. The van der Waals surface area contributed by atoms with Crippen LogP contribution < -0.4 is 5.43 Å². The molecular weight excluding hydrogens is 267 g/mol. The summed E-state index contributed by atoms with van der Waals surface area (Å²) in [4.78, 5) is 3.85. The van der Waals surface area contributed by atoms with Crippen LogP contribution in [0.3, 0.4) is 0 Å². The highest BCUT2D eigenvalue weighted by Gasteiger charge is 2.31. The number of nitrogens with zero attached hydrogens (tertiary/aromatic N) is 2. The summed E-state index contributed by atoms with van der Waals surface area (Å²) in [5.41, 5.74) is 2.08. The van der Waals surface area contributed by atoms with Crippen LogP contribution in [0.15, 0.2) is 12.1 Å². The van der Waals surface area contributed by atoms with Gasteiger partial charge < -0.3 is 5.43 Å². The van der Waals surface area contributed by atoms with Gasteiger partial charge in [-0.25, -0.2) is 9.99 Å². The molecule has 1 aliphatic heterocycles. The summed E-state index contributed by atoms with van der Waals surface area (Å²) in [5, 5.41) is 1.70. The highest BCUT2D eigenvalue weighted by atomic mass is 35.5. The molecule has 0 aromatic carbocycles. The third-order valence-corrected chi connectivity index (χ3v) is 2.94. The minimum Gasteiger partial charge on any atom is -0.303 e. The molecule has 100 valence electrons. The Morgan fingerprint density at radius 2 is 1.83 bits per heavy atom. The van der Waals surface area contributed by atoms with E-state index in [2.05, 4.69) is 10.4 Å². The van der Waals surface area contributed by atoms with E-state index in [1.807, 2.05) is 5.01 Å². The molecule has 0 aliphatic carbocycles. The van der Waals surface area contributed by atoms with Crippen molar-refractivity contribution in [2.45, 2.75) is 25.4 Å². The number of alkyl halides is 3. The number of pyridine rings is 1. The van der Waals surface area contributed by atoms with Gasteiger partial charge in [0.15, 0.2) is 0 Å². The fourth-order valence-electron chi connectivity index (χ4n) is 1.89. The van der Waals surface area contributed by atoms with Crippen molar-refractivity contribution >= 4 is 17.4 Å². The molecule has 0 unspecified atom stereocenters. The molecule has 1 N–H and O–H groups in total. The van der Waals surface area contributed by atoms with E-state index in [-0.39, 0.29) is 11.0 Å². The van der Waals surface area contributed by atoms with Gasteiger partial charge in [-0.3, -0.25) is 0 Å². The zero-order valence-electron chi connectivity index (χ0n) is 9.60. The second-order valence-electron chi connectivity index (χ2n) is 4.22. The SMILES string of the molecule is FC(F)(F)c1cc(Cl)nc(NN2CCCCC2)c1. The van der Waals surface area contributed by atoms with Crippen LogP contribution in [0.5, 0.6) is 0 Å². The van der Waals surface area contributed by atoms with E-state index in [1.165, 1.54) is 0 Å². The highest BCUT2D eigenvalue weighted by Crippen LogP contribution is 2.32.